The molecule has 4 rings (SSSR count). The highest BCUT2D eigenvalue weighted by molar-refractivity contribution is 6.02. The Kier molecular flexibility index (Phi) is 4.49. The fraction of sp³-hybridized carbons (Fsp3) is 0.364. The van der Waals surface area contributed by atoms with E-state index in [2.05, 4.69) is 6.07 Å². The van der Waals surface area contributed by atoms with E-state index in [1.165, 1.54) is 0 Å². The molecule has 1 aliphatic carbocycles. The van der Waals surface area contributed by atoms with E-state index in [1.54, 1.807) is 4.90 Å². The molecule has 0 bridgehead atoms. The van der Waals surface area contributed by atoms with Gasteiger partial charge in [0.2, 0.25) is 0 Å². The fourth-order valence-electron chi connectivity index (χ4n) is 4.14. The standard InChI is InChI=1S/C22H23NO3/c24-20-19-9-5-4-8-18(19)10-11-22(20)12-14-23(15-13-22)21(25)26-16-17-6-2-1-3-7-17/h1-9H,10-16H2. The summed E-state index contributed by atoms with van der Waals surface area (Å²) in [5.41, 5.74) is 2.71. The van der Waals surface area contributed by atoms with Crippen LogP contribution in [-0.4, -0.2) is 29.9 Å². The van der Waals surface area contributed by atoms with Crippen LogP contribution >= 0.6 is 0 Å². The third kappa shape index (κ3) is 3.12. The molecule has 1 saturated heterocycles. The number of nitrogens with zero attached hydrogens (tertiary/aromatic N) is 1. The Hall–Kier alpha value is -2.62. The second-order valence-corrected chi connectivity index (χ2v) is 7.29. The van der Waals surface area contributed by atoms with Gasteiger partial charge in [0.05, 0.1) is 0 Å². The van der Waals surface area contributed by atoms with Crippen molar-refractivity contribution in [3.8, 4) is 0 Å². The maximum Gasteiger partial charge on any atom is 0.410 e. The molecule has 134 valence electrons. The molecule has 4 heteroatoms. The van der Waals surface area contributed by atoms with Gasteiger partial charge in [-0.3, -0.25) is 4.79 Å². The van der Waals surface area contributed by atoms with E-state index in [0.29, 0.717) is 13.1 Å². The van der Waals surface area contributed by atoms with Gasteiger partial charge in [0.25, 0.3) is 0 Å². The topological polar surface area (TPSA) is 46.6 Å². The Morgan fingerprint density at radius 1 is 0.962 bits per heavy atom. The number of aryl methyl sites for hydroxylation is 1. The average molecular weight is 349 g/mol. The zero-order valence-corrected chi connectivity index (χ0v) is 14.8. The number of amides is 1. The number of Topliss-reactive ketones (excluding diaryl/α,β-unsaturated/α-hetero) is 1. The monoisotopic (exact) mass is 349 g/mol. The smallest absolute Gasteiger partial charge is 0.410 e. The first-order valence-corrected chi connectivity index (χ1v) is 9.26. The van der Waals surface area contributed by atoms with Crippen molar-refractivity contribution in [2.45, 2.75) is 32.3 Å². The zero-order valence-electron chi connectivity index (χ0n) is 14.8. The van der Waals surface area contributed by atoms with Crippen molar-refractivity contribution in [1.82, 2.24) is 4.90 Å². The molecule has 0 aromatic heterocycles. The molecule has 0 unspecified atom stereocenters. The van der Waals surface area contributed by atoms with Crippen molar-refractivity contribution in [2.24, 2.45) is 5.41 Å². The van der Waals surface area contributed by atoms with E-state index < -0.39 is 0 Å². The van der Waals surface area contributed by atoms with Gasteiger partial charge in [-0.05, 0) is 36.8 Å². The second kappa shape index (κ2) is 6.94. The molecule has 0 radical (unpaired) electrons. The maximum atomic E-state index is 13.0. The molecule has 0 atom stereocenters. The molecule has 26 heavy (non-hydrogen) atoms. The summed E-state index contributed by atoms with van der Waals surface area (Å²) in [4.78, 5) is 27.1. The van der Waals surface area contributed by atoms with Gasteiger partial charge in [0, 0.05) is 24.1 Å². The zero-order chi connectivity index (χ0) is 18.0. The molecule has 1 spiro atoms. The molecular formula is C22H23NO3. The van der Waals surface area contributed by atoms with Crippen LogP contribution < -0.4 is 0 Å². The lowest BCUT2D eigenvalue weighted by Crippen LogP contribution is -2.48. The Morgan fingerprint density at radius 3 is 2.42 bits per heavy atom. The summed E-state index contributed by atoms with van der Waals surface area (Å²) in [7, 11) is 0. The minimum absolute atomic E-state index is 0.261. The molecule has 0 N–H and O–H groups in total. The largest absolute Gasteiger partial charge is 0.445 e. The fourth-order valence-corrected chi connectivity index (χ4v) is 4.14. The molecular weight excluding hydrogens is 326 g/mol. The maximum absolute atomic E-state index is 13.0. The molecule has 1 amide bonds. The number of ketones is 1. The van der Waals surface area contributed by atoms with Crippen LogP contribution in [-0.2, 0) is 17.8 Å². The minimum atomic E-state index is -0.301. The minimum Gasteiger partial charge on any atom is -0.445 e. The summed E-state index contributed by atoms with van der Waals surface area (Å²) in [6.45, 7) is 1.46. The van der Waals surface area contributed by atoms with E-state index in [-0.39, 0.29) is 23.9 Å². The third-order valence-corrected chi connectivity index (χ3v) is 5.80. The first kappa shape index (κ1) is 16.8. The number of hydrogen-bond donors (Lipinski definition) is 0. The lowest BCUT2D eigenvalue weighted by Gasteiger charge is -2.42. The Labute approximate surface area is 153 Å². The highest BCUT2D eigenvalue weighted by atomic mass is 16.6. The van der Waals surface area contributed by atoms with Crippen LogP contribution in [0.5, 0.6) is 0 Å². The van der Waals surface area contributed by atoms with Crippen LogP contribution in [0.3, 0.4) is 0 Å². The average Bonchev–Trinajstić information content (AvgIpc) is 2.71. The highest BCUT2D eigenvalue weighted by Crippen LogP contribution is 2.43. The number of carbonyl (C=O) groups excluding carboxylic acids is 2. The van der Waals surface area contributed by atoms with Crippen molar-refractivity contribution in [3.63, 3.8) is 0 Å². The molecule has 0 saturated carbocycles. The van der Waals surface area contributed by atoms with Gasteiger partial charge in [-0.15, -0.1) is 0 Å². The van der Waals surface area contributed by atoms with Gasteiger partial charge >= 0.3 is 6.09 Å². The summed E-state index contributed by atoms with van der Waals surface area (Å²) < 4.78 is 5.43. The molecule has 2 aromatic carbocycles. The van der Waals surface area contributed by atoms with Gasteiger partial charge in [-0.2, -0.15) is 0 Å². The molecule has 4 nitrogen and oxygen atoms in total. The predicted octanol–water partition coefficient (Wildman–Crippen LogP) is 4.23. The summed E-state index contributed by atoms with van der Waals surface area (Å²) in [5, 5.41) is 0. The SMILES string of the molecule is O=C(OCc1ccccc1)N1CCC2(CCc3ccccc3C2=O)CC1. The molecule has 1 fully saturated rings. The number of likely N-dealkylation sites (tertiary alicyclic amines) is 1. The summed E-state index contributed by atoms with van der Waals surface area (Å²) in [5.74, 6) is 0.261. The lowest BCUT2D eigenvalue weighted by molar-refractivity contribution is 0.0447. The summed E-state index contributed by atoms with van der Waals surface area (Å²) in [6.07, 6.45) is 2.99. The first-order valence-electron chi connectivity index (χ1n) is 9.26. The van der Waals surface area contributed by atoms with Crippen LogP contribution in [0, 0.1) is 5.41 Å². The lowest BCUT2D eigenvalue weighted by atomic mass is 9.65. The van der Waals surface area contributed by atoms with Gasteiger partial charge < -0.3 is 9.64 Å². The number of piperidine rings is 1. The van der Waals surface area contributed by atoms with Gasteiger partial charge in [0.15, 0.2) is 5.78 Å². The van der Waals surface area contributed by atoms with Crippen molar-refractivity contribution < 1.29 is 14.3 Å². The van der Waals surface area contributed by atoms with Gasteiger partial charge in [-0.1, -0.05) is 54.6 Å². The molecule has 2 aromatic rings. The molecule has 1 heterocycles. The van der Waals surface area contributed by atoms with Crippen molar-refractivity contribution in [2.75, 3.05) is 13.1 Å². The van der Waals surface area contributed by atoms with E-state index in [4.69, 9.17) is 4.74 Å². The number of ether oxygens (including phenoxy) is 1. The second-order valence-electron chi connectivity index (χ2n) is 7.29. The number of carbonyl (C=O) groups is 2. The number of rotatable bonds is 2. The quantitative estimate of drug-likeness (QED) is 0.815. The predicted molar refractivity (Wildman–Crippen MR) is 99.0 cm³/mol. The molecule has 2 aliphatic rings. The van der Waals surface area contributed by atoms with Crippen LogP contribution in [0.1, 0.15) is 40.7 Å². The van der Waals surface area contributed by atoms with E-state index in [0.717, 1.165) is 42.4 Å². The number of hydrogen-bond acceptors (Lipinski definition) is 3. The highest BCUT2D eigenvalue weighted by Gasteiger charge is 2.45. The van der Waals surface area contributed by atoms with Gasteiger partial charge in [-0.25, -0.2) is 4.79 Å². The Morgan fingerprint density at radius 2 is 1.65 bits per heavy atom. The van der Waals surface area contributed by atoms with Crippen molar-refractivity contribution >= 4 is 11.9 Å². The molecule has 1 aliphatic heterocycles. The number of fused-ring (bicyclic) bond motifs is 1. The Balaban J connectivity index is 1.37. The van der Waals surface area contributed by atoms with Crippen LogP contribution in [0.4, 0.5) is 4.79 Å². The van der Waals surface area contributed by atoms with E-state index in [1.807, 2.05) is 48.5 Å². The van der Waals surface area contributed by atoms with Crippen molar-refractivity contribution in [3.05, 3.63) is 71.3 Å². The van der Waals surface area contributed by atoms with E-state index >= 15 is 0 Å². The summed E-state index contributed by atoms with van der Waals surface area (Å²) >= 11 is 0. The third-order valence-electron chi connectivity index (χ3n) is 5.80. The van der Waals surface area contributed by atoms with Crippen LogP contribution in [0.15, 0.2) is 54.6 Å². The first-order chi connectivity index (χ1) is 12.7. The van der Waals surface area contributed by atoms with Crippen molar-refractivity contribution in [1.29, 1.82) is 0 Å². The summed E-state index contributed by atoms with van der Waals surface area (Å²) in [6, 6.07) is 17.6. The van der Waals surface area contributed by atoms with E-state index in [9.17, 15) is 9.59 Å². The normalized spacial score (nSPS) is 18.5. The van der Waals surface area contributed by atoms with Gasteiger partial charge in [0.1, 0.15) is 6.61 Å². The van der Waals surface area contributed by atoms with Crippen LogP contribution in [0.2, 0.25) is 0 Å². The van der Waals surface area contributed by atoms with Crippen LogP contribution in [0.25, 0.3) is 0 Å². The number of benzene rings is 2. The Bertz CT molecular complexity index is 807.